The smallest absolute Gasteiger partial charge is 0.164 e. The van der Waals surface area contributed by atoms with Gasteiger partial charge in [-0.3, -0.25) is 14.8 Å². The monoisotopic (exact) mass is 872 g/mol. The van der Waals surface area contributed by atoms with E-state index in [0.29, 0.717) is 0 Å². The second kappa shape index (κ2) is 16.2. The van der Waals surface area contributed by atoms with Crippen LogP contribution >= 0.6 is 11.3 Å². The van der Waals surface area contributed by atoms with E-state index in [1.165, 1.54) is 54.4 Å². The van der Waals surface area contributed by atoms with Gasteiger partial charge in [-0.1, -0.05) is 113 Å². The number of aliphatic hydroxyl groups excluding tert-OH is 1. The van der Waals surface area contributed by atoms with Crippen molar-refractivity contribution in [1.29, 1.82) is 0 Å². The Hall–Kier alpha value is -3.96. The van der Waals surface area contributed by atoms with Gasteiger partial charge in [-0.05, 0) is 61.6 Å². The summed E-state index contributed by atoms with van der Waals surface area (Å²) in [5, 5.41) is 13.7. The van der Waals surface area contributed by atoms with Gasteiger partial charge in [-0.2, -0.15) is 0 Å². The van der Waals surface area contributed by atoms with E-state index in [1.54, 1.807) is 0 Å². The van der Waals surface area contributed by atoms with Crippen molar-refractivity contribution in [3.8, 4) is 33.5 Å². The molecule has 0 aliphatic heterocycles. The second-order valence-electron chi connectivity index (χ2n) is 13.9. The average molecular weight is 872 g/mol. The minimum atomic E-state index is -0.337. The maximum atomic E-state index is 12.2. The summed E-state index contributed by atoms with van der Waals surface area (Å²) in [4.78, 5) is 23.1. The Balaban J connectivity index is 0.000000242. The standard InChI is InChI=1S/C30H19N2S.C15H28O2.Ir/c1-2-7-19(8-3-1)25-18-21(17-20-9-4-5-10-22(20)25)29-30-24(14-16-32-29)28-23-11-6-15-31-26(23)12-13-27(28)33-30;1-7-14(5,8-2)12(16)11-13(17)15(6,9-3)10-4;/h1-11,14-16,18H,12-13H2;11,16H,7-10H2,1-6H3;/q-1;;/b;12-11-;. The van der Waals surface area contributed by atoms with Crippen LogP contribution in [0.4, 0.5) is 0 Å². The summed E-state index contributed by atoms with van der Waals surface area (Å²) >= 11 is 1.88. The zero-order valence-corrected chi connectivity index (χ0v) is 33.7. The number of thiophene rings is 1. The number of fused-ring (bicyclic) bond motifs is 6. The van der Waals surface area contributed by atoms with Gasteiger partial charge >= 0.3 is 0 Å². The Kier molecular flexibility index (Phi) is 12.1. The van der Waals surface area contributed by atoms with E-state index < -0.39 is 0 Å². The molecular weight excluding hydrogens is 825 g/mol. The molecule has 3 heterocycles. The Morgan fingerprint density at radius 2 is 1.49 bits per heavy atom. The van der Waals surface area contributed by atoms with E-state index in [1.807, 2.05) is 71.3 Å². The number of carbonyl (C=O) groups excluding carboxylic acids is 1. The molecule has 1 radical (unpaired) electrons. The number of allylic oxidation sites excluding steroid dienone is 2. The van der Waals surface area contributed by atoms with Crippen LogP contribution in [0.5, 0.6) is 0 Å². The van der Waals surface area contributed by atoms with Crippen molar-refractivity contribution < 1.29 is 30.0 Å². The van der Waals surface area contributed by atoms with Gasteiger partial charge in [-0.25, -0.2) is 0 Å². The molecule has 0 saturated carbocycles. The number of nitrogens with zero attached hydrogens (tertiary/aromatic N) is 2. The third-order valence-corrected chi connectivity index (χ3v) is 12.4. The minimum Gasteiger partial charge on any atom is -0.512 e. The fourth-order valence-corrected chi connectivity index (χ4v) is 8.04. The van der Waals surface area contributed by atoms with Gasteiger partial charge in [0.05, 0.1) is 0 Å². The molecule has 1 N–H and O–H groups in total. The number of pyridine rings is 2. The molecule has 0 atom stereocenters. The van der Waals surface area contributed by atoms with Gasteiger partial charge in [0.25, 0.3) is 0 Å². The summed E-state index contributed by atoms with van der Waals surface area (Å²) in [6.07, 6.45) is 10.6. The molecule has 0 bridgehead atoms. The van der Waals surface area contributed by atoms with E-state index in [0.717, 1.165) is 55.2 Å². The van der Waals surface area contributed by atoms with Crippen molar-refractivity contribution in [2.45, 2.75) is 80.1 Å². The van der Waals surface area contributed by atoms with Crippen LogP contribution in [-0.2, 0) is 37.7 Å². The number of benzene rings is 3. The summed E-state index contributed by atoms with van der Waals surface area (Å²) in [6, 6.07) is 31.5. The number of carbonyl (C=O) groups is 1. The van der Waals surface area contributed by atoms with Crippen LogP contribution in [0.3, 0.4) is 0 Å². The first-order valence-electron chi connectivity index (χ1n) is 18.0. The van der Waals surface area contributed by atoms with Crippen molar-refractivity contribution in [1.82, 2.24) is 9.97 Å². The number of aliphatic hydroxyl groups is 1. The van der Waals surface area contributed by atoms with Gasteiger partial charge < -0.3 is 5.11 Å². The number of ketones is 1. The molecule has 7 rings (SSSR count). The summed E-state index contributed by atoms with van der Waals surface area (Å²) in [6.45, 7) is 12.1. The summed E-state index contributed by atoms with van der Waals surface area (Å²) < 4.78 is 1.24. The first kappa shape index (κ1) is 38.3. The minimum absolute atomic E-state index is 0. The molecule has 6 aromatic rings. The van der Waals surface area contributed by atoms with Crippen molar-refractivity contribution in [3.05, 3.63) is 120 Å². The van der Waals surface area contributed by atoms with E-state index in [2.05, 4.69) is 83.8 Å². The fourth-order valence-electron chi connectivity index (χ4n) is 6.73. The van der Waals surface area contributed by atoms with Crippen LogP contribution < -0.4 is 0 Å². The molecular formula is C45H47IrN2O2S-. The molecule has 3 aromatic carbocycles. The predicted octanol–water partition coefficient (Wildman–Crippen LogP) is 12.4. The predicted molar refractivity (Wildman–Crippen MR) is 211 cm³/mol. The molecule has 1 aliphatic rings. The molecule has 6 heteroatoms. The zero-order chi connectivity index (χ0) is 35.5. The molecule has 0 spiro atoms. The molecule has 0 fully saturated rings. The molecule has 1 aliphatic carbocycles. The van der Waals surface area contributed by atoms with Crippen LogP contribution in [0.15, 0.2) is 103 Å². The first-order valence-corrected chi connectivity index (χ1v) is 18.8. The van der Waals surface area contributed by atoms with Gasteiger partial charge in [0.2, 0.25) is 0 Å². The quantitative estimate of drug-likeness (QED) is 0.0893. The fraction of sp³-hybridized carbons (Fsp3) is 0.311. The van der Waals surface area contributed by atoms with Gasteiger partial charge in [-0.15, -0.1) is 34.9 Å². The summed E-state index contributed by atoms with van der Waals surface area (Å²) in [5.74, 6) is 0.286. The van der Waals surface area contributed by atoms with Gasteiger partial charge in [0, 0.05) is 81.5 Å². The Bertz CT molecular complexity index is 2180. The van der Waals surface area contributed by atoms with Crippen molar-refractivity contribution in [2.24, 2.45) is 10.8 Å². The van der Waals surface area contributed by atoms with E-state index >= 15 is 0 Å². The number of aryl methyl sites for hydroxylation is 2. The zero-order valence-electron chi connectivity index (χ0n) is 30.5. The van der Waals surface area contributed by atoms with E-state index in [9.17, 15) is 9.90 Å². The van der Waals surface area contributed by atoms with E-state index in [-0.39, 0.29) is 42.5 Å². The van der Waals surface area contributed by atoms with Crippen molar-refractivity contribution in [2.75, 3.05) is 0 Å². The largest absolute Gasteiger partial charge is 0.512 e. The number of rotatable bonds is 9. The molecule has 0 saturated heterocycles. The second-order valence-corrected chi connectivity index (χ2v) is 15.0. The third-order valence-electron chi connectivity index (χ3n) is 11.1. The summed E-state index contributed by atoms with van der Waals surface area (Å²) in [5.41, 5.74) is 7.70. The maximum Gasteiger partial charge on any atom is 0.164 e. The molecule has 51 heavy (non-hydrogen) atoms. The normalized spacial score (nSPS) is 12.8. The molecule has 265 valence electrons. The molecule has 4 nitrogen and oxygen atoms in total. The van der Waals surface area contributed by atoms with Gasteiger partial charge in [0.15, 0.2) is 5.78 Å². The van der Waals surface area contributed by atoms with E-state index in [4.69, 9.17) is 4.98 Å². The van der Waals surface area contributed by atoms with Crippen LogP contribution in [0.1, 0.15) is 77.8 Å². The third kappa shape index (κ3) is 7.51. The van der Waals surface area contributed by atoms with Crippen LogP contribution in [0, 0.1) is 16.9 Å². The molecule has 3 aromatic heterocycles. The Labute approximate surface area is 320 Å². The van der Waals surface area contributed by atoms with Crippen LogP contribution in [0.25, 0.3) is 54.4 Å². The van der Waals surface area contributed by atoms with Crippen LogP contribution in [-0.4, -0.2) is 20.9 Å². The van der Waals surface area contributed by atoms with Gasteiger partial charge in [0.1, 0.15) is 5.76 Å². The average Bonchev–Trinajstić information content (AvgIpc) is 3.57. The van der Waals surface area contributed by atoms with Crippen molar-refractivity contribution >= 4 is 38.0 Å². The molecule has 0 unspecified atom stereocenters. The number of hydrogen-bond donors (Lipinski definition) is 1. The number of aromatic nitrogens is 2. The number of hydrogen-bond acceptors (Lipinski definition) is 5. The maximum absolute atomic E-state index is 12.2. The van der Waals surface area contributed by atoms with Crippen LogP contribution in [0.2, 0.25) is 0 Å². The molecule has 0 amide bonds. The SMILES string of the molecule is CCC(C)(CC)C(=O)/C=C(\O)C(C)(CC)CC.[Ir].[c-]1c(-c2nccc3c4c(sc23)CCc2ncccc2-4)cc(-c2ccccc2)c2ccccc12. The Morgan fingerprint density at radius 3 is 2.20 bits per heavy atom. The van der Waals surface area contributed by atoms with Crippen molar-refractivity contribution in [3.63, 3.8) is 0 Å². The summed E-state index contributed by atoms with van der Waals surface area (Å²) in [7, 11) is 0. The first-order chi connectivity index (χ1) is 24.2. The Morgan fingerprint density at radius 1 is 0.804 bits per heavy atom. The topological polar surface area (TPSA) is 63.1 Å².